The van der Waals surface area contributed by atoms with Gasteiger partial charge >= 0.3 is 5.97 Å². The summed E-state index contributed by atoms with van der Waals surface area (Å²) >= 11 is 0. The molecule has 2 aliphatic heterocycles. The van der Waals surface area contributed by atoms with Crippen LogP contribution in [-0.4, -0.2) is 79.6 Å². The molecule has 0 N–H and O–H groups in total. The van der Waals surface area contributed by atoms with Crippen molar-refractivity contribution in [1.82, 2.24) is 18.8 Å². The van der Waals surface area contributed by atoms with E-state index in [1.165, 1.54) is 12.1 Å². The molecule has 1 aromatic heterocycles. The molecule has 2 aliphatic rings. The van der Waals surface area contributed by atoms with E-state index >= 15 is 0 Å². The number of aryl methyl sites for hydroxylation is 1. The van der Waals surface area contributed by atoms with Gasteiger partial charge < -0.3 is 14.2 Å². The summed E-state index contributed by atoms with van der Waals surface area (Å²) < 4.78 is 45.3. The number of hydrogen-bond acceptors (Lipinski definition) is 10. The summed E-state index contributed by atoms with van der Waals surface area (Å²) in [4.78, 5) is 43.2. The fourth-order valence-corrected chi connectivity index (χ4v) is 5.86. The van der Waals surface area contributed by atoms with Gasteiger partial charge in [0.2, 0.25) is 5.88 Å². The molecule has 206 valence electrons. The van der Waals surface area contributed by atoms with Crippen LogP contribution in [0.25, 0.3) is 0 Å². The summed E-state index contributed by atoms with van der Waals surface area (Å²) in [5.74, 6) is -0.530. The third-order valence-corrected chi connectivity index (χ3v) is 7.95. The van der Waals surface area contributed by atoms with Gasteiger partial charge in [0, 0.05) is 19.0 Å². The Labute approximate surface area is 221 Å². The van der Waals surface area contributed by atoms with Gasteiger partial charge in [-0.05, 0) is 44.5 Å². The second-order valence-corrected chi connectivity index (χ2v) is 11.6. The average molecular weight is 549 g/mol. The molecule has 4 rings (SSSR count). The van der Waals surface area contributed by atoms with Crippen LogP contribution < -0.4 is 15.0 Å². The van der Waals surface area contributed by atoms with Gasteiger partial charge in [-0.15, -0.1) is 0 Å². The lowest BCUT2D eigenvalue weighted by atomic mass is 9.96. The van der Waals surface area contributed by atoms with Gasteiger partial charge in [-0.1, -0.05) is 13.8 Å². The van der Waals surface area contributed by atoms with Crippen LogP contribution in [0, 0.1) is 0 Å². The monoisotopic (exact) mass is 548 g/mol. The van der Waals surface area contributed by atoms with Crippen molar-refractivity contribution < 1.29 is 32.2 Å². The van der Waals surface area contributed by atoms with Crippen molar-refractivity contribution >= 4 is 21.9 Å². The highest BCUT2D eigenvalue weighted by atomic mass is 32.2. The zero-order valence-corrected chi connectivity index (χ0v) is 22.7. The Morgan fingerprint density at radius 1 is 1.11 bits per heavy atom. The highest BCUT2D eigenvalue weighted by Crippen LogP contribution is 2.38. The second kappa shape index (κ2) is 11.1. The number of rotatable bonds is 10. The van der Waals surface area contributed by atoms with E-state index < -0.39 is 28.6 Å². The SMILES string of the molecule is CC(C)c1cc(OCCOC(=O)CN(C)C)cc2c1C(=O)N(COc1cc(=O)n3c(n1)CCCC3)S2(=O)=O. The molecule has 0 spiro atoms. The molecule has 0 bridgehead atoms. The first kappa shape index (κ1) is 27.6. The Bertz CT molecular complexity index is 1400. The fourth-order valence-electron chi connectivity index (χ4n) is 4.39. The molecule has 0 fully saturated rings. The number of aromatic nitrogens is 2. The number of benzene rings is 1. The Balaban J connectivity index is 1.52. The minimum Gasteiger partial charge on any atom is -0.490 e. The summed E-state index contributed by atoms with van der Waals surface area (Å²) in [5.41, 5.74) is 0.287. The van der Waals surface area contributed by atoms with Crippen LogP contribution in [0.15, 0.2) is 27.9 Å². The molecule has 0 saturated carbocycles. The Kier molecular flexibility index (Phi) is 8.07. The van der Waals surface area contributed by atoms with Gasteiger partial charge in [-0.25, -0.2) is 8.42 Å². The lowest BCUT2D eigenvalue weighted by Gasteiger charge is -2.19. The van der Waals surface area contributed by atoms with E-state index in [-0.39, 0.29) is 53.3 Å². The molecule has 0 unspecified atom stereocenters. The maximum Gasteiger partial charge on any atom is 0.320 e. The number of nitrogens with zero attached hydrogens (tertiary/aromatic N) is 4. The van der Waals surface area contributed by atoms with Crippen LogP contribution in [0.1, 0.15) is 54.4 Å². The predicted molar refractivity (Wildman–Crippen MR) is 136 cm³/mol. The van der Waals surface area contributed by atoms with Crippen molar-refractivity contribution in [3.63, 3.8) is 0 Å². The van der Waals surface area contributed by atoms with Crippen molar-refractivity contribution in [2.45, 2.75) is 50.5 Å². The lowest BCUT2D eigenvalue weighted by molar-refractivity contribution is -0.145. The van der Waals surface area contributed by atoms with E-state index in [1.807, 2.05) is 13.8 Å². The van der Waals surface area contributed by atoms with Crippen molar-refractivity contribution in [3.05, 3.63) is 45.5 Å². The molecule has 0 atom stereocenters. The summed E-state index contributed by atoms with van der Waals surface area (Å²) in [6.07, 6.45) is 2.40. The summed E-state index contributed by atoms with van der Waals surface area (Å²) in [6.45, 7) is 3.76. The van der Waals surface area contributed by atoms with Gasteiger partial charge in [-0.2, -0.15) is 9.29 Å². The van der Waals surface area contributed by atoms with Gasteiger partial charge in [0.25, 0.3) is 21.5 Å². The molecule has 38 heavy (non-hydrogen) atoms. The maximum absolute atomic E-state index is 13.4. The number of sulfonamides is 1. The lowest BCUT2D eigenvalue weighted by Crippen LogP contribution is -2.35. The first-order valence-electron chi connectivity index (χ1n) is 12.4. The van der Waals surface area contributed by atoms with E-state index in [1.54, 1.807) is 29.6 Å². The summed E-state index contributed by atoms with van der Waals surface area (Å²) in [7, 11) is -0.762. The molecule has 3 heterocycles. The fraction of sp³-hybridized carbons (Fsp3) is 0.520. The van der Waals surface area contributed by atoms with Crippen LogP contribution >= 0.6 is 0 Å². The third kappa shape index (κ3) is 5.68. The smallest absolute Gasteiger partial charge is 0.320 e. The second-order valence-electron chi connectivity index (χ2n) is 9.74. The quantitative estimate of drug-likeness (QED) is 0.316. The van der Waals surface area contributed by atoms with Crippen LogP contribution in [0.5, 0.6) is 11.6 Å². The normalized spacial score (nSPS) is 15.9. The molecule has 1 amide bonds. The van der Waals surface area contributed by atoms with E-state index in [9.17, 15) is 22.8 Å². The molecule has 0 aliphatic carbocycles. The number of carbonyl (C=O) groups is 2. The molecule has 1 aromatic carbocycles. The van der Waals surface area contributed by atoms with Crippen molar-refractivity contribution in [2.75, 3.05) is 40.6 Å². The number of amides is 1. The number of esters is 1. The van der Waals surface area contributed by atoms with Gasteiger partial charge in [0.15, 0.2) is 6.73 Å². The molecule has 0 radical (unpaired) electrons. The number of hydrogen-bond donors (Lipinski definition) is 0. The van der Waals surface area contributed by atoms with Crippen molar-refractivity contribution in [2.24, 2.45) is 0 Å². The van der Waals surface area contributed by atoms with E-state index in [0.717, 1.165) is 12.8 Å². The molecular weight excluding hydrogens is 516 g/mol. The molecular formula is C25H32N4O8S. The first-order chi connectivity index (χ1) is 18.0. The molecule has 2 aromatic rings. The zero-order chi connectivity index (χ0) is 27.6. The van der Waals surface area contributed by atoms with E-state index in [2.05, 4.69) is 4.98 Å². The van der Waals surface area contributed by atoms with E-state index in [0.29, 0.717) is 28.7 Å². The number of fused-ring (bicyclic) bond motifs is 2. The Morgan fingerprint density at radius 3 is 2.58 bits per heavy atom. The van der Waals surface area contributed by atoms with Crippen LogP contribution in [-0.2, 0) is 32.5 Å². The standard InChI is InChI=1S/C25H32N4O8S/c1-16(2)18-11-17(35-9-10-36-23(31)14-27(3)4)12-19-24(18)25(32)29(38(19,33)34)15-37-21-13-22(30)28-8-6-5-7-20(28)26-21/h11-13,16H,5-10,14-15H2,1-4H3. The first-order valence-corrected chi connectivity index (χ1v) is 13.8. The zero-order valence-electron chi connectivity index (χ0n) is 21.9. The number of carbonyl (C=O) groups excluding carboxylic acids is 2. The van der Waals surface area contributed by atoms with Crippen LogP contribution in [0.4, 0.5) is 0 Å². The highest BCUT2D eigenvalue weighted by Gasteiger charge is 2.44. The third-order valence-electron chi connectivity index (χ3n) is 6.22. The van der Waals surface area contributed by atoms with Gasteiger partial charge in [0.05, 0.1) is 18.2 Å². The summed E-state index contributed by atoms with van der Waals surface area (Å²) in [6, 6.07) is 4.11. The topological polar surface area (TPSA) is 137 Å². The molecule has 13 heteroatoms. The van der Waals surface area contributed by atoms with Crippen LogP contribution in [0.3, 0.4) is 0 Å². The van der Waals surface area contributed by atoms with Gasteiger partial charge in [0.1, 0.15) is 29.7 Å². The minimum absolute atomic E-state index is 0.00977. The highest BCUT2D eigenvalue weighted by molar-refractivity contribution is 7.90. The summed E-state index contributed by atoms with van der Waals surface area (Å²) in [5, 5.41) is 0. The Morgan fingerprint density at radius 2 is 1.87 bits per heavy atom. The van der Waals surface area contributed by atoms with Gasteiger partial charge in [-0.3, -0.25) is 23.9 Å². The molecule has 12 nitrogen and oxygen atoms in total. The number of ether oxygens (including phenoxy) is 3. The predicted octanol–water partition coefficient (Wildman–Crippen LogP) is 1.37. The van der Waals surface area contributed by atoms with Crippen molar-refractivity contribution in [3.8, 4) is 11.6 Å². The Hall–Kier alpha value is -3.45. The maximum atomic E-state index is 13.4. The van der Waals surface area contributed by atoms with E-state index in [4.69, 9.17) is 14.2 Å². The molecule has 0 saturated heterocycles. The minimum atomic E-state index is -4.25. The number of likely N-dealkylation sites (N-methyl/N-ethyl adjacent to an activating group) is 1. The van der Waals surface area contributed by atoms with Crippen LogP contribution in [0.2, 0.25) is 0 Å². The van der Waals surface area contributed by atoms with Crippen molar-refractivity contribution in [1.29, 1.82) is 0 Å². The average Bonchev–Trinajstić information content (AvgIpc) is 3.04. The largest absolute Gasteiger partial charge is 0.490 e.